The monoisotopic (exact) mass is 305 g/mol. The molecule has 1 aromatic carbocycles. The fraction of sp³-hybridized carbons (Fsp3) is 0. The third-order valence-electron chi connectivity index (χ3n) is 2.93. The van der Waals surface area contributed by atoms with Gasteiger partial charge in [-0.05, 0) is 24.3 Å². The summed E-state index contributed by atoms with van der Waals surface area (Å²) in [5, 5.41) is 3.86. The number of aromatic nitrogens is 2. The number of anilines is 1. The van der Waals surface area contributed by atoms with E-state index in [0.29, 0.717) is 16.8 Å². The van der Waals surface area contributed by atoms with E-state index in [1.54, 1.807) is 12.1 Å². The maximum Gasteiger partial charge on any atom is 0.248 e. The van der Waals surface area contributed by atoms with Crippen LogP contribution in [0.25, 0.3) is 22.6 Å². The van der Waals surface area contributed by atoms with Gasteiger partial charge in [0, 0.05) is 11.6 Å². The largest absolute Gasteiger partial charge is 0.380 e. The number of halogens is 2. The molecule has 0 spiro atoms. The molecule has 0 aliphatic heterocycles. The Kier molecular flexibility index (Phi) is 3.23. The molecule has 3 N–H and O–H groups in total. The number of hydrogen-bond acceptors (Lipinski definition) is 4. The van der Waals surface area contributed by atoms with E-state index in [-0.39, 0.29) is 22.2 Å². The van der Waals surface area contributed by atoms with Crippen LogP contribution in [-0.2, 0) is 0 Å². The highest BCUT2D eigenvalue weighted by atomic mass is 35.5. The molecule has 3 aromatic rings. The van der Waals surface area contributed by atoms with Crippen LogP contribution in [0.4, 0.5) is 10.2 Å². The highest BCUT2D eigenvalue weighted by molar-refractivity contribution is 6.33. The van der Waals surface area contributed by atoms with Crippen LogP contribution in [0.15, 0.2) is 45.7 Å². The van der Waals surface area contributed by atoms with Gasteiger partial charge in [-0.2, -0.15) is 0 Å². The van der Waals surface area contributed by atoms with Crippen LogP contribution < -0.4 is 11.3 Å². The number of nitrogens with zero attached hydrogens (tertiary/aromatic N) is 1. The van der Waals surface area contributed by atoms with Crippen LogP contribution in [0, 0.1) is 5.82 Å². The summed E-state index contributed by atoms with van der Waals surface area (Å²) in [6.07, 6.45) is 0. The molecule has 21 heavy (non-hydrogen) atoms. The molecule has 0 saturated heterocycles. The van der Waals surface area contributed by atoms with Crippen molar-refractivity contribution in [3.05, 3.63) is 57.6 Å². The van der Waals surface area contributed by atoms with Crippen LogP contribution in [0.5, 0.6) is 0 Å². The second kappa shape index (κ2) is 5.06. The van der Waals surface area contributed by atoms with Crippen molar-refractivity contribution in [1.82, 2.24) is 10.1 Å². The molecule has 0 unspecified atom stereocenters. The van der Waals surface area contributed by atoms with Crippen molar-refractivity contribution >= 4 is 17.4 Å². The summed E-state index contributed by atoms with van der Waals surface area (Å²) in [6.45, 7) is 0. The van der Waals surface area contributed by atoms with E-state index in [9.17, 15) is 9.18 Å². The van der Waals surface area contributed by atoms with Gasteiger partial charge in [0.05, 0.1) is 16.3 Å². The van der Waals surface area contributed by atoms with Gasteiger partial charge in [-0.1, -0.05) is 22.8 Å². The third kappa shape index (κ3) is 2.41. The van der Waals surface area contributed by atoms with Gasteiger partial charge in [-0.15, -0.1) is 0 Å². The Bertz CT molecular complexity index is 873. The van der Waals surface area contributed by atoms with Crippen molar-refractivity contribution in [2.24, 2.45) is 0 Å². The Morgan fingerprint density at radius 3 is 2.81 bits per heavy atom. The van der Waals surface area contributed by atoms with Crippen molar-refractivity contribution in [3.63, 3.8) is 0 Å². The fourth-order valence-corrected chi connectivity index (χ4v) is 2.28. The number of aromatic amines is 1. The van der Waals surface area contributed by atoms with E-state index in [1.807, 2.05) is 0 Å². The van der Waals surface area contributed by atoms with Crippen LogP contribution >= 0.6 is 11.6 Å². The Hall–Kier alpha value is -2.60. The zero-order valence-electron chi connectivity index (χ0n) is 10.6. The second-order valence-corrected chi connectivity index (χ2v) is 4.73. The number of nitrogen functional groups attached to an aromatic ring is 1. The molecular formula is C14H9ClFN3O2. The van der Waals surface area contributed by atoms with Gasteiger partial charge in [-0.25, -0.2) is 4.39 Å². The molecule has 0 atom stereocenters. The summed E-state index contributed by atoms with van der Waals surface area (Å²) in [7, 11) is 0. The highest BCUT2D eigenvalue weighted by Gasteiger charge is 2.20. The molecule has 0 amide bonds. The minimum atomic E-state index is -0.464. The fourth-order valence-electron chi connectivity index (χ4n) is 2.02. The Morgan fingerprint density at radius 1 is 1.29 bits per heavy atom. The summed E-state index contributed by atoms with van der Waals surface area (Å²) in [4.78, 5) is 14.0. The van der Waals surface area contributed by atoms with E-state index in [2.05, 4.69) is 10.1 Å². The van der Waals surface area contributed by atoms with E-state index in [4.69, 9.17) is 21.9 Å². The van der Waals surface area contributed by atoms with Crippen molar-refractivity contribution in [3.8, 4) is 22.6 Å². The average Bonchev–Trinajstić information content (AvgIpc) is 2.81. The zero-order valence-corrected chi connectivity index (χ0v) is 11.3. The Labute approximate surface area is 123 Å². The first-order chi connectivity index (χ1) is 10.1. The molecule has 0 radical (unpaired) electrons. The lowest BCUT2D eigenvalue weighted by molar-refractivity contribution is 0.434. The molecule has 7 heteroatoms. The lowest BCUT2D eigenvalue weighted by Gasteiger charge is -2.05. The van der Waals surface area contributed by atoms with E-state index < -0.39 is 5.82 Å². The summed E-state index contributed by atoms with van der Waals surface area (Å²) in [5.41, 5.74) is 6.79. The number of nitrogens with two attached hydrogens (primary N) is 1. The number of nitrogens with one attached hydrogen (secondary N) is 1. The lowest BCUT2D eigenvalue weighted by Crippen LogP contribution is -2.03. The van der Waals surface area contributed by atoms with Gasteiger partial charge in [0.1, 0.15) is 5.82 Å². The van der Waals surface area contributed by atoms with Gasteiger partial charge >= 0.3 is 0 Å². The third-order valence-corrected chi connectivity index (χ3v) is 3.24. The molecule has 0 bridgehead atoms. The number of pyridine rings is 1. The standard InChI is InChI=1S/C14H9ClFN3O2/c15-9-6-7(16)4-5-8(9)12-13(21-19-14(12)17)10-2-1-3-11(20)18-10/h1-6H,(H2,17,19)(H,18,20). The molecule has 3 rings (SSSR count). The smallest absolute Gasteiger partial charge is 0.248 e. The first-order valence-electron chi connectivity index (χ1n) is 5.96. The predicted molar refractivity (Wildman–Crippen MR) is 77.4 cm³/mol. The topological polar surface area (TPSA) is 84.9 Å². The predicted octanol–water partition coefficient (Wildman–Crippen LogP) is 3.07. The molecule has 106 valence electrons. The molecule has 0 saturated carbocycles. The summed E-state index contributed by atoms with van der Waals surface area (Å²) < 4.78 is 18.3. The van der Waals surface area contributed by atoms with Crippen molar-refractivity contribution in [1.29, 1.82) is 0 Å². The highest BCUT2D eigenvalue weighted by Crippen LogP contribution is 2.39. The normalized spacial score (nSPS) is 10.8. The maximum atomic E-state index is 13.2. The summed E-state index contributed by atoms with van der Waals surface area (Å²) in [5.74, 6) is -0.102. The average molecular weight is 306 g/mol. The number of hydrogen-bond donors (Lipinski definition) is 2. The van der Waals surface area contributed by atoms with Crippen molar-refractivity contribution in [2.75, 3.05) is 5.73 Å². The first-order valence-corrected chi connectivity index (χ1v) is 6.34. The van der Waals surface area contributed by atoms with Gasteiger partial charge in [-0.3, -0.25) is 4.79 Å². The van der Waals surface area contributed by atoms with Crippen molar-refractivity contribution in [2.45, 2.75) is 0 Å². The maximum absolute atomic E-state index is 13.2. The summed E-state index contributed by atoms with van der Waals surface area (Å²) >= 11 is 6.05. The number of benzene rings is 1. The van der Waals surface area contributed by atoms with Crippen molar-refractivity contribution < 1.29 is 8.91 Å². The molecule has 2 aromatic heterocycles. The summed E-state index contributed by atoms with van der Waals surface area (Å²) in [6, 6.07) is 8.48. The molecule has 2 heterocycles. The van der Waals surface area contributed by atoms with Crippen LogP contribution in [0.3, 0.4) is 0 Å². The molecule has 0 aliphatic rings. The number of H-pyrrole nitrogens is 1. The van der Waals surface area contributed by atoms with Crippen LogP contribution in [0.1, 0.15) is 0 Å². The van der Waals surface area contributed by atoms with Crippen LogP contribution in [-0.4, -0.2) is 10.1 Å². The molecule has 0 fully saturated rings. The second-order valence-electron chi connectivity index (χ2n) is 4.32. The SMILES string of the molecule is Nc1noc(-c2cccc(=O)[nH]2)c1-c1ccc(F)cc1Cl. The Morgan fingerprint density at radius 2 is 2.10 bits per heavy atom. The Balaban J connectivity index is 2.24. The number of rotatable bonds is 2. The van der Waals surface area contributed by atoms with E-state index >= 15 is 0 Å². The van der Waals surface area contributed by atoms with Gasteiger partial charge in [0.25, 0.3) is 0 Å². The van der Waals surface area contributed by atoms with Gasteiger partial charge in [0.2, 0.25) is 5.56 Å². The minimum absolute atomic E-state index is 0.100. The minimum Gasteiger partial charge on any atom is -0.380 e. The molecule has 5 nitrogen and oxygen atoms in total. The van der Waals surface area contributed by atoms with E-state index in [0.717, 1.165) is 0 Å². The molecule has 0 aliphatic carbocycles. The van der Waals surface area contributed by atoms with E-state index in [1.165, 1.54) is 24.3 Å². The molecular weight excluding hydrogens is 297 g/mol. The van der Waals surface area contributed by atoms with Gasteiger partial charge in [0.15, 0.2) is 11.6 Å². The van der Waals surface area contributed by atoms with Gasteiger partial charge < -0.3 is 15.2 Å². The zero-order chi connectivity index (χ0) is 15.0. The quantitative estimate of drug-likeness (QED) is 0.762. The lowest BCUT2D eigenvalue weighted by atomic mass is 10.0. The first kappa shape index (κ1) is 13.4. The van der Waals surface area contributed by atoms with Crippen LogP contribution in [0.2, 0.25) is 5.02 Å².